The van der Waals surface area contributed by atoms with Gasteiger partial charge in [0.05, 0.1) is 0 Å². The van der Waals surface area contributed by atoms with Crippen molar-refractivity contribution in [1.82, 2.24) is 0 Å². The number of rotatable bonds is 22. The quantitative estimate of drug-likeness (QED) is 0.0529. The molecular weight excluding hydrogens is 703 g/mol. The Labute approximate surface area is 291 Å². The summed E-state index contributed by atoms with van der Waals surface area (Å²) in [6, 6.07) is 17.7. The summed E-state index contributed by atoms with van der Waals surface area (Å²) >= 11 is 0.0736. The number of carboxylic acid groups (broad SMARTS) is 4. The molecule has 0 spiro atoms. The molecule has 0 heterocycles. The molecule has 0 unspecified atom stereocenters. The maximum atomic E-state index is 10.7. The van der Waals surface area contributed by atoms with Gasteiger partial charge in [-0.1, -0.05) is 60.7 Å². The second-order valence-electron chi connectivity index (χ2n) is 11.2. The third-order valence-corrected chi connectivity index (χ3v) is 11.1. The minimum absolute atomic E-state index is 0.0736. The second-order valence-corrected chi connectivity index (χ2v) is 15.5. The van der Waals surface area contributed by atoms with Gasteiger partial charge >= 0.3 is 145 Å². The fraction of sp³-hybridized carbons (Fsp3) is 0.474. The molecule has 0 aliphatic heterocycles. The van der Waals surface area contributed by atoms with Gasteiger partial charge in [0.1, 0.15) is 0 Å². The van der Waals surface area contributed by atoms with Crippen molar-refractivity contribution in [2.45, 2.75) is 113 Å². The first-order valence-corrected chi connectivity index (χ1v) is 20.8. The van der Waals surface area contributed by atoms with Crippen molar-refractivity contribution in [3.63, 3.8) is 0 Å². The Morgan fingerprint density at radius 3 is 1.13 bits per heavy atom. The molecular formula is C38H54O8Sn. The van der Waals surface area contributed by atoms with Crippen LogP contribution in [0.2, 0.25) is 8.87 Å². The Morgan fingerprint density at radius 1 is 0.511 bits per heavy atom. The monoisotopic (exact) mass is 758 g/mol. The molecule has 0 aromatic heterocycles. The zero-order chi connectivity index (χ0) is 35.1. The van der Waals surface area contributed by atoms with Crippen molar-refractivity contribution < 1.29 is 39.6 Å². The zero-order valence-electron chi connectivity index (χ0n) is 28.2. The van der Waals surface area contributed by atoms with Gasteiger partial charge in [-0.05, 0) is 11.1 Å². The smallest absolute Gasteiger partial charge is 0.332 e. The van der Waals surface area contributed by atoms with Crippen LogP contribution in [0.25, 0.3) is 0 Å². The van der Waals surface area contributed by atoms with Gasteiger partial charge in [0.2, 0.25) is 0 Å². The SMILES string of the molecule is CCCCCCC[CH2][Sn][CH2]CCCCCCC.O=C(O)/C=C(/Cc1ccccc1)C(=O)O.O=C(O)/C=C(/Cc1ccccc1)C(=O)O. The van der Waals surface area contributed by atoms with E-state index in [-0.39, 0.29) is 45.1 Å². The maximum absolute atomic E-state index is 10.7. The summed E-state index contributed by atoms with van der Waals surface area (Å²) in [4.78, 5) is 42.1. The molecule has 0 aliphatic rings. The van der Waals surface area contributed by atoms with Crippen LogP contribution in [0.3, 0.4) is 0 Å². The van der Waals surface area contributed by atoms with Crippen LogP contribution in [0.5, 0.6) is 0 Å². The van der Waals surface area contributed by atoms with Crippen LogP contribution in [0.1, 0.15) is 102 Å². The van der Waals surface area contributed by atoms with E-state index in [9.17, 15) is 19.2 Å². The summed E-state index contributed by atoms with van der Waals surface area (Å²) in [6.07, 6.45) is 19.5. The molecule has 0 saturated heterocycles. The summed E-state index contributed by atoms with van der Waals surface area (Å²) in [5.74, 6) is -4.91. The summed E-state index contributed by atoms with van der Waals surface area (Å²) in [7, 11) is 0. The molecule has 47 heavy (non-hydrogen) atoms. The van der Waals surface area contributed by atoms with Crippen molar-refractivity contribution in [3.8, 4) is 0 Å². The molecule has 8 nitrogen and oxygen atoms in total. The molecule has 2 radical (unpaired) electrons. The standard InChI is InChI=1S/2C11H10O4.2C8H17.Sn/c2*12-10(13)7-9(11(14)15)6-8-4-2-1-3-5-8;2*1-3-5-7-8-6-4-2;/h2*1-5,7H,6H2,(H,12,13)(H,14,15);2*1,3-8H2,2H3;/b2*9-7-;;;. The molecule has 258 valence electrons. The fourth-order valence-electron chi connectivity index (χ4n) is 4.49. The molecule has 0 saturated carbocycles. The van der Waals surface area contributed by atoms with E-state index in [4.69, 9.17) is 20.4 Å². The number of benzene rings is 2. The molecule has 0 bridgehead atoms. The van der Waals surface area contributed by atoms with E-state index < -0.39 is 23.9 Å². The van der Waals surface area contributed by atoms with Crippen molar-refractivity contribution in [3.05, 3.63) is 95.1 Å². The van der Waals surface area contributed by atoms with Crippen LogP contribution in [0.4, 0.5) is 0 Å². The first-order chi connectivity index (χ1) is 22.6. The molecule has 0 fully saturated rings. The van der Waals surface area contributed by atoms with Gasteiger partial charge in [-0.2, -0.15) is 0 Å². The maximum Gasteiger partial charge on any atom is 0.332 e. The van der Waals surface area contributed by atoms with E-state index in [2.05, 4.69) is 13.8 Å². The Balaban J connectivity index is 0.000000677. The van der Waals surface area contributed by atoms with Crippen molar-refractivity contribution in [2.75, 3.05) is 0 Å². The minimum Gasteiger partial charge on any atom is -0.478 e. The second kappa shape index (κ2) is 30.0. The van der Waals surface area contributed by atoms with Crippen molar-refractivity contribution in [1.29, 1.82) is 0 Å². The number of hydrogen-bond acceptors (Lipinski definition) is 4. The number of unbranched alkanes of at least 4 members (excludes halogenated alkanes) is 10. The van der Waals surface area contributed by atoms with Crippen LogP contribution in [-0.4, -0.2) is 65.4 Å². The molecule has 0 atom stereocenters. The molecule has 2 aromatic rings. The number of aliphatic carboxylic acids is 4. The van der Waals surface area contributed by atoms with Gasteiger partial charge in [0, 0.05) is 36.1 Å². The van der Waals surface area contributed by atoms with E-state index >= 15 is 0 Å². The summed E-state index contributed by atoms with van der Waals surface area (Å²) in [5, 5.41) is 34.4. The fourth-order valence-corrected chi connectivity index (χ4v) is 8.06. The van der Waals surface area contributed by atoms with Crippen LogP contribution in [0, 0.1) is 0 Å². The zero-order valence-corrected chi connectivity index (χ0v) is 31.0. The number of carboxylic acids is 4. The normalized spacial score (nSPS) is 11.0. The summed E-state index contributed by atoms with van der Waals surface area (Å²) in [6.45, 7) is 4.60. The molecule has 9 heteroatoms. The average Bonchev–Trinajstić information content (AvgIpc) is 3.04. The number of hydrogen-bond donors (Lipinski definition) is 4. The Hall–Kier alpha value is -3.40. The topological polar surface area (TPSA) is 149 Å². The molecule has 0 aliphatic carbocycles. The van der Waals surface area contributed by atoms with Gasteiger partial charge in [-0.15, -0.1) is 0 Å². The summed E-state index contributed by atoms with van der Waals surface area (Å²) < 4.78 is 3.31. The van der Waals surface area contributed by atoms with Gasteiger partial charge in [-0.25, -0.2) is 19.2 Å². The predicted molar refractivity (Wildman–Crippen MR) is 189 cm³/mol. The molecule has 2 rings (SSSR count). The van der Waals surface area contributed by atoms with Crippen molar-refractivity contribution in [2.24, 2.45) is 0 Å². The van der Waals surface area contributed by atoms with Gasteiger partial charge < -0.3 is 20.4 Å². The van der Waals surface area contributed by atoms with Crippen molar-refractivity contribution >= 4 is 45.0 Å². The molecule has 2 aromatic carbocycles. The van der Waals surface area contributed by atoms with Crippen LogP contribution in [0.15, 0.2) is 84.0 Å². The Bertz CT molecular complexity index is 1100. The van der Waals surface area contributed by atoms with Crippen LogP contribution >= 0.6 is 0 Å². The summed E-state index contributed by atoms with van der Waals surface area (Å²) in [5.41, 5.74) is 1.28. The Morgan fingerprint density at radius 2 is 0.830 bits per heavy atom. The van der Waals surface area contributed by atoms with E-state index in [1.807, 2.05) is 12.1 Å². The van der Waals surface area contributed by atoms with Gasteiger partial charge in [0.25, 0.3) is 0 Å². The molecule has 4 N–H and O–H groups in total. The average molecular weight is 758 g/mol. The predicted octanol–water partition coefficient (Wildman–Crippen LogP) is 8.90. The van der Waals surface area contributed by atoms with E-state index in [0.29, 0.717) is 0 Å². The van der Waals surface area contributed by atoms with Crippen LogP contribution in [-0.2, 0) is 32.0 Å². The number of carbonyl (C=O) groups is 4. The third kappa shape index (κ3) is 27.4. The van der Waals surface area contributed by atoms with E-state index in [0.717, 1.165) is 23.3 Å². The van der Waals surface area contributed by atoms with Crippen LogP contribution < -0.4 is 0 Å². The Kier molecular flexibility index (Phi) is 27.8. The van der Waals surface area contributed by atoms with Gasteiger partial charge in [0.15, 0.2) is 0 Å². The van der Waals surface area contributed by atoms with Gasteiger partial charge in [-0.3, -0.25) is 0 Å². The first-order valence-electron chi connectivity index (χ1n) is 16.7. The van der Waals surface area contributed by atoms with E-state index in [1.165, 1.54) is 64.2 Å². The third-order valence-electron chi connectivity index (χ3n) is 7.03. The van der Waals surface area contributed by atoms with E-state index in [1.54, 1.807) is 70.2 Å². The molecule has 0 amide bonds. The first kappa shape index (κ1) is 43.6. The largest absolute Gasteiger partial charge is 0.478 e. The minimum atomic E-state index is -1.25.